The molecule has 1 saturated heterocycles. The zero-order valence-electron chi connectivity index (χ0n) is 10.1. The van der Waals surface area contributed by atoms with E-state index in [4.69, 9.17) is 10.5 Å². The summed E-state index contributed by atoms with van der Waals surface area (Å²) in [5, 5.41) is -0.301. The summed E-state index contributed by atoms with van der Waals surface area (Å²) in [6.45, 7) is 6.56. The molecule has 6 heteroatoms. The number of nitrogens with zero attached hydrogens (tertiary/aromatic N) is 1. The zero-order chi connectivity index (χ0) is 12.2. The van der Waals surface area contributed by atoms with Gasteiger partial charge in [-0.1, -0.05) is 0 Å². The van der Waals surface area contributed by atoms with Gasteiger partial charge >= 0.3 is 0 Å². The highest BCUT2D eigenvalue weighted by Crippen LogP contribution is 2.08. The summed E-state index contributed by atoms with van der Waals surface area (Å²) >= 11 is 0. The van der Waals surface area contributed by atoms with E-state index in [1.165, 1.54) is 0 Å². The van der Waals surface area contributed by atoms with Crippen LogP contribution < -0.4 is 5.73 Å². The third-order valence-corrected chi connectivity index (χ3v) is 5.19. The highest BCUT2D eigenvalue weighted by atomic mass is 32.2. The van der Waals surface area contributed by atoms with Crippen LogP contribution in [0.25, 0.3) is 0 Å². The van der Waals surface area contributed by atoms with Gasteiger partial charge in [0, 0.05) is 25.7 Å². The largest absolute Gasteiger partial charge is 0.378 e. The van der Waals surface area contributed by atoms with Crippen LogP contribution in [0.5, 0.6) is 0 Å². The lowest BCUT2D eigenvalue weighted by molar-refractivity contribution is -0.000774. The third-order valence-electron chi connectivity index (χ3n) is 3.00. The van der Waals surface area contributed by atoms with E-state index in [1.54, 1.807) is 13.8 Å². The molecule has 0 spiro atoms. The van der Waals surface area contributed by atoms with Gasteiger partial charge in [-0.2, -0.15) is 0 Å². The molecule has 1 aliphatic rings. The fraction of sp³-hybridized carbons (Fsp3) is 1.00. The molecule has 0 amide bonds. The molecule has 1 aliphatic heterocycles. The van der Waals surface area contributed by atoms with Crippen molar-refractivity contribution >= 4 is 9.84 Å². The lowest BCUT2D eigenvalue weighted by Crippen LogP contribution is -2.50. The molecule has 5 nitrogen and oxygen atoms in total. The van der Waals surface area contributed by atoms with Crippen molar-refractivity contribution in [2.24, 2.45) is 5.73 Å². The maximum Gasteiger partial charge on any atom is 0.153 e. The summed E-state index contributed by atoms with van der Waals surface area (Å²) in [5.41, 5.74) is 5.62. The minimum atomic E-state index is -2.95. The van der Waals surface area contributed by atoms with Gasteiger partial charge in [-0.05, 0) is 13.8 Å². The molecule has 0 aliphatic carbocycles. The second-order valence-corrected chi connectivity index (χ2v) is 7.09. The van der Waals surface area contributed by atoms with Gasteiger partial charge in [0.05, 0.1) is 24.2 Å². The van der Waals surface area contributed by atoms with E-state index in [-0.39, 0.29) is 17.0 Å². The Morgan fingerprint density at radius 2 is 2.19 bits per heavy atom. The van der Waals surface area contributed by atoms with E-state index >= 15 is 0 Å². The van der Waals surface area contributed by atoms with Gasteiger partial charge in [-0.25, -0.2) is 8.42 Å². The van der Waals surface area contributed by atoms with Crippen LogP contribution in [0.3, 0.4) is 0 Å². The summed E-state index contributed by atoms with van der Waals surface area (Å²) in [6.07, 6.45) is 0. The molecule has 0 radical (unpaired) electrons. The van der Waals surface area contributed by atoms with Crippen LogP contribution in [0.1, 0.15) is 13.8 Å². The molecule has 0 saturated carbocycles. The van der Waals surface area contributed by atoms with Crippen molar-refractivity contribution in [1.29, 1.82) is 0 Å². The van der Waals surface area contributed by atoms with Crippen LogP contribution in [0, 0.1) is 0 Å². The number of sulfone groups is 1. The normalized spacial score (nSPS) is 23.9. The van der Waals surface area contributed by atoms with Crippen molar-refractivity contribution < 1.29 is 13.2 Å². The first-order valence-electron chi connectivity index (χ1n) is 5.71. The average molecular weight is 250 g/mol. The Hall–Kier alpha value is -0.170. The summed E-state index contributed by atoms with van der Waals surface area (Å²) in [4.78, 5) is 2.11. The molecule has 16 heavy (non-hydrogen) atoms. The fourth-order valence-corrected chi connectivity index (χ4v) is 2.64. The van der Waals surface area contributed by atoms with Gasteiger partial charge < -0.3 is 10.5 Å². The minimum absolute atomic E-state index is 0.163. The molecule has 0 aromatic rings. The molecular formula is C10H22N2O3S. The number of nitrogens with two attached hydrogens (primary N) is 1. The Balaban J connectivity index is 2.47. The van der Waals surface area contributed by atoms with Crippen LogP contribution in [0.4, 0.5) is 0 Å². The molecule has 1 fully saturated rings. The summed E-state index contributed by atoms with van der Waals surface area (Å²) in [6, 6.07) is 0.163. The monoisotopic (exact) mass is 250 g/mol. The highest BCUT2D eigenvalue weighted by Gasteiger charge is 2.24. The quantitative estimate of drug-likeness (QED) is 0.710. The average Bonchev–Trinajstić information content (AvgIpc) is 2.26. The Morgan fingerprint density at radius 1 is 1.50 bits per heavy atom. The van der Waals surface area contributed by atoms with Crippen LogP contribution in [0.2, 0.25) is 0 Å². The van der Waals surface area contributed by atoms with Gasteiger partial charge in [0.15, 0.2) is 9.84 Å². The standard InChI is InChI=1S/C10H22N2O3S/c1-9(2)16(13,14)6-4-12-3-5-15-8-10(12)7-11/h9-10H,3-8,11H2,1-2H3. The van der Waals surface area contributed by atoms with Crippen molar-refractivity contribution in [1.82, 2.24) is 4.90 Å². The molecule has 0 bridgehead atoms. The van der Waals surface area contributed by atoms with Crippen molar-refractivity contribution in [3.63, 3.8) is 0 Å². The van der Waals surface area contributed by atoms with E-state index in [2.05, 4.69) is 4.90 Å². The lowest BCUT2D eigenvalue weighted by atomic mass is 10.2. The number of ether oxygens (including phenoxy) is 1. The Labute approximate surface area is 97.9 Å². The van der Waals surface area contributed by atoms with Crippen molar-refractivity contribution in [3.05, 3.63) is 0 Å². The number of hydrogen-bond donors (Lipinski definition) is 1. The first kappa shape index (κ1) is 13.9. The molecule has 0 aromatic heterocycles. The lowest BCUT2D eigenvalue weighted by Gasteiger charge is -2.34. The van der Waals surface area contributed by atoms with Crippen LogP contribution in [0.15, 0.2) is 0 Å². The maximum absolute atomic E-state index is 11.7. The maximum atomic E-state index is 11.7. The second-order valence-electron chi connectivity index (χ2n) is 4.42. The summed E-state index contributed by atoms with van der Waals surface area (Å²) < 4.78 is 28.7. The van der Waals surface area contributed by atoms with Crippen molar-refractivity contribution in [2.75, 3.05) is 38.6 Å². The molecule has 1 atom stereocenters. The predicted octanol–water partition coefficient (Wildman–Crippen LogP) is -0.531. The number of morpholine rings is 1. The van der Waals surface area contributed by atoms with E-state index in [1.807, 2.05) is 0 Å². The first-order valence-corrected chi connectivity index (χ1v) is 7.42. The summed E-state index contributed by atoms with van der Waals surface area (Å²) in [7, 11) is -2.95. The second kappa shape index (κ2) is 5.95. The molecule has 1 unspecified atom stereocenters. The topological polar surface area (TPSA) is 72.6 Å². The van der Waals surface area contributed by atoms with Gasteiger partial charge in [0.2, 0.25) is 0 Å². The van der Waals surface area contributed by atoms with Gasteiger partial charge in [-0.15, -0.1) is 0 Å². The van der Waals surface area contributed by atoms with Crippen LogP contribution >= 0.6 is 0 Å². The smallest absolute Gasteiger partial charge is 0.153 e. The van der Waals surface area contributed by atoms with E-state index < -0.39 is 9.84 Å². The third kappa shape index (κ3) is 3.69. The molecule has 1 rings (SSSR count). The molecule has 1 heterocycles. The predicted molar refractivity (Wildman–Crippen MR) is 64.2 cm³/mol. The van der Waals surface area contributed by atoms with Crippen LogP contribution in [-0.2, 0) is 14.6 Å². The van der Waals surface area contributed by atoms with E-state index in [9.17, 15) is 8.42 Å². The van der Waals surface area contributed by atoms with E-state index in [0.717, 1.165) is 6.54 Å². The molecular weight excluding hydrogens is 228 g/mol. The number of hydrogen-bond acceptors (Lipinski definition) is 5. The van der Waals surface area contributed by atoms with Gasteiger partial charge in [-0.3, -0.25) is 4.90 Å². The van der Waals surface area contributed by atoms with Gasteiger partial charge in [0.25, 0.3) is 0 Å². The van der Waals surface area contributed by atoms with Crippen molar-refractivity contribution in [3.8, 4) is 0 Å². The Kier molecular flexibility index (Phi) is 5.17. The van der Waals surface area contributed by atoms with Crippen molar-refractivity contribution in [2.45, 2.75) is 25.1 Å². The Bertz CT molecular complexity index is 303. The zero-order valence-corrected chi connectivity index (χ0v) is 10.9. The minimum Gasteiger partial charge on any atom is -0.378 e. The SMILES string of the molecule is CC(C)S(=O)(=O)CCN1CCOCC1CN. The van der Waals surface area contributed by atoms with Crippen LogP contribution in [-0.4, -0.2) is 63.2 Å². The molecule has 2 N–H and O–H groups in total. The Morgan fingerprint density at radius 3 is 2.75 bits per heavy atom. The fourth-order valence-electron chi connectivity index (χ4n) is 1.68. The highest BCUT2D eigenvalue weighted by molar-refractivity contribution is 7.92. The molecule has 0 aromatic carbocycles. The first-order chi connectivity index (χ1) is 7.47. The summed E-state index contributed by atoms with van der Waals surface area (Å²) in [5.74, 6) is 0.209. The molecule has 96 valence electrons. The van der Waals surface area contributed by atoms with Gasteiger partial charge in [0.1, 0.15) is 0 Å². The number of rotatable bonds is 5. The van der Waals surface area contributed by atoms with E-state index in [0.29, 0.717) is 26.3 Å².